The summed E-state index contributed by atoms with van der Waals surface area (Å²) in [5.74, 6) is 0.582. The van der Waals surface area contributed by atoms with Crippen LogP contribution in [0.2, 0.25) is 0 Å². The van der Waals surface area contributed by atoms with Gasteiger partial charge in [0.1, 0.15) is 6.61 Å². The largest absolute Gasteiger partial charge is 0.472 e. The molecule has 4 aromatic rings. The van der Waals surface area contributed by atoms with Crippen LogP contribution in [-0.2, 0) is 6.61 Å². The molecule has 0 bridgehead atoms. The first-order chi connectivity index (χ1) is 11.4. The number of ether oxygens (including phenoxy) is 1. The average Bonchev–Trinajstić information content (AvgIpc) is 3.05. The van der Waals surface area contributed by atoms with Crippen molar-refractivity contribution in [3.05, 3.63) is 84.6 Å². The molecule has 4 rings (SSSR count). The van der Waals surface area contributed by atoms with Crippen LogP contribution in [0, 0.1) is 0 Å². The second-order valence-electron chi connectivity index (χ2n) is 5.24. The summed E-state index contributed by atoms with van der Waals surface area (Å²) in [6.07, 6.45) is 1.92. The molecule has 4 heteroatoms. The molecular weight excluding hydrogens is 286 g/mol. The third kappa shape index (κ3) is 2.92. The number of hydrogen-bond acceptors (Lipinski definition) is 3. The lowest BCUT2D eigenvalue weighted by molar-refractivity contribution is 0.289. The van der Waals surface area contributed by atoms with Crippen LogP contribution in [0.3, 0.4) is 0 Å². The number of rotatable bonds is 4. The third-order valence-electron chi connectivity index (χ3n) is 3.59. The average molecular weight is 301 g/mol. The van der Waals surface area contributed by atoms with Gasteiger partial charge in [0.05, 0.1) is 11.9 Å². The number of fused-ring (bicyclic) bond motifs is 1. The molecule has 2 aromatic heterocycles. The minimum Gasteiger partial charge on any atom is -0.472 e. The molecule has 4 nitrogen and oxygen atoms in total. The topological polar surface area (TPSA) is 39.4 Å². The fraction of sp³-hybridized carbons (Fsp3) is 0.0526. The van der Waals surface area contributed by atoms with Gasteiger partial charge < -0.3 is 4.74 Å². The lowest BCUT2D eigenvalue weighted by Gasteiger charge is -2.05. The maximum Gasteiger partial charge on any atom is 0.232 e. The molecule has 0 aliphatic rings. The Kier molecular flexibility index (Phi) is 3.48. The van der Waals surface area contributed by atoms with Crippen molar-refractivity contribution in [2.45, 2.75) is 6.61 Å². The monoisotopic (exact) mass is 301 g/mol. The molecule has 2 aromatic carbocycles. The fourth-order valence-electron chi connectivity index (χ4n) is 2.42. The third-order valence-corrected chi connectivity index (χ3v) is 3.59. The van der Waals surface area contributed by atoms with Crippen molar-refractivity contribution in [2.75, 3.05) is 0 Å². The zero-order chi connectivity index (χ0) is 15.5. The van der Waals surface area contributed by atoms with Crippen LogP contribution in [-0.4, -0.2) is 14.6 Å². The number of nitrogens with zero attached hydrogens (tertiary/aromatic N) is 3. The van der Waals surface area contributed by atoms with Gasteiger partial charge in [0, 0.05) is 11.6 Å². The van der Waals surface area contributed by atoms with Gasteiger partial charge in [-0.1, -0.05) is 60.7 Å². The highest BCUT2D eigenvalue weighted by Crippen LogP contribution is 2.19. The molecule has 0 N–H and O–H groups in total. The fourth-order valence-corrected chi connectivity index (χ4v) is 2.42. The van der Waals surface area contributed by atoms with Crippen LogP contribution in [0.25, 0.3) is 16.9 Å². The minimum absolute atomic E-state index is 0.500. The number of hydrogen-bond donors (Lipinski definition) is 0. The molecule has 0 aliphatic heterocycles. The lowest BCUT2D eigenvalue weighted by atomic mass is 10.2. The Labute approximate surface area is 134 Å². The smallest absolute Gasteiger partial charge is 0.232 e. The van der Waals surface area contributed by atoms with Gasteiger partial charge in [0.15, 0.2) is 5.65 Å². The summed E-state index contributed by atoms with van der Waals surface area (Å²) < 4.78 is 7.51. The Bertz CT molecular complexity index is 917. The van der Waals surface area contributed by atoms with E-state index in [4.69, 9.17) is 4.74 Å². The minimum atomic E-state index is 0.500. The standard InChI is InChI=1S/C19H15N3O/c1-3-7-15(8-4-1)14-23-19-12-11-18-20-17(13-22(18)21-19)16-9-5-2-6-10-16/h1-13H,14H2. The van der Waals surface area contributed by atoms with Gasteiger partial charge in [-0.15, -0.1) is 5.10 Å². The van der Waals surface area contributed by atoms with Crippen LogP contribution in [0.4, 0.5) is 0 Å². The maximum atomic E-state index is 5.76. The quantitative estimate of drug-likeness (QED) is 0.572. The van der Waals surface area contributed by atoms with Crippen LogP contribution in [0.1, 0.15) is 5.56 Å². The van der Waals surface area contributed by atoms with Gasteiger partial charge in [-0.05, 0) is 11.6 Å². The SMILES string of the molecule is c1ccc(COc2ccc3nc(-c4ccccc4)cn3n2)cc1. The molecule has 0 saturated carbocycles. The summed E-state index contributed by atoms with van der Waals surface area (Å²) in [6, 6.07) is 23.9. The Morgan fingerprint density at radius 3 is 2.35 bits per heavy atom. The molecule has 0 unspecified atom stereocenters. The summed E-state index contributed by atoms with van der Waals surface area (Å²) in [4.78, 5) is 4.59. The summed E-state index contributed by atoms with van der Waals surface area (Å²) in [7, 11) is 0. The molecular formula is C19H15N3O. The Morgan fingerprint density at radius 2 is 1.57 bits per heavy atom. The van der Waals surface area contributed by atoms with Crippen molar-refractivity contribution >= 4 is 5.65 Å². The van der Waals surface area contributed by atoms with Gasteiger partial charge in [-0.2, -0.15) is 0 Å². The molecule has 112 valence electrons. The predicted octanol–water partition coefficient (Wildman–Crippen LogP) is 3.98. The first-order valence-electron chi connectivity index (χ1n) is 7.47. The first kappa shape index (κ1) is 13.5. The van der Waals surface area contributed by atoms with Crippen molar-refractivity contribution in [3.8, 4) is 17.1 Å². The molecule has 0 atom stereocenters. The Hall–Kier alpha value is -3.14. The number of aromatic nitrogens is 3. The van der Waals surface area contributed by atoms with E-state index in [0.717, 1.165) is 22.5 Å². The van der Waals surface area contributed by atoms with E-state index in [2.05, 4.69) is 10.1 Å². The maximum absolute atomic E-state index is 5.76. The second-order valence-corrected chi connectivity index (χ2v) is 5.24. The van der Waals surface area contributed by atoms with Gasteiger partial charge in [0.25, 0.3) is 0 Å². The van der Waals surface area contributed by atoms with Gasteiger partial charge in [-0.3, -0.25) is 0 Å². The highest BCUT2D eigenvalue weighted by molar-refractivity contribution is 5.62. The van der Waals surface area contributed by atoms with E-state index < -0.39 is 0 Å². The number of imidazole rings is 1. The molecule has 2 heterocycles. The van der Waals surface area contributed by atoms with Crippen LogP contribution in [0.5, 0.6) is 5.88 Å². The molecule has 0 fully saturated rings. The normalized spacial score (nSPS) is 10.8. The second kappa shape index (κ2) is 5.93. The van der Waals surface area contributed by atoms with Crippen LogP contribution >= 0.6 is 0 Å². The van der Waals surface area contributed by atoms with Crippen molar-refractivity contribution in [3.63, 3.8) is 0 Å². The molecule has 0 amide bonds. The predicted molar refractivity (Wildman–Crippen MR) is 89.2 cm³/mol. The van der Waals surface area contributed by atoms with E-state index in [9.17, 15) is 0 Å². The summed E-state index contributed by atoms with van der Waals surface area (Å²) >= 11 is 0. The van der Waals surface area contributed by atoms with Crippen molar-refractivity contribution in [1.82, 2.24) is 14.6 Å². The van der Waals surface area contributed by atoms with Crippen molar-refractivity contribution in [2.24, 2.45) is 0 Å². The first-order valence-corrected chi connectivity index (χ1v) is 7.47. The Balaban J connectivity index is 1.58. The van der Waals surface area contributed by atoms with E-state index in [1.807, 2.05) is 79.0 Å². The molecule has 0 saturated heterocycles. The van der Waals surface area contributed by atoms with E-state index in [-0.39, 0.29) is 0 Å². The Morgan fingerprint density at radius 1 is 0.826 bits per heavy atom. The highest BCUT2D eigenvalue weighted by atomic mass is 16.5. The van der Waals surface area contributed by atoms with Gasteiger partial charge in [-0.25, -0.2) is 9.50 Å². The summed E-state index contributed by atoms with van der Waals surface area (Å²) in [5.41, 5.74) is 3.89. The molecule has 0 aliphatic carbocycles. The van der Waals surface area contributed by atoms with Gasteiger partial charge in [0.2, 0.25) is 5.88 Å². The summed E-state index contributed by atoms with van der Waals surface area (Å²) in [5, 5.41) is 4.47. The summed E-state index contributed by atoms with van der Waals surface area (Å²) in [6.45, 7) is 0.500. The van der Waals surface area contributed by atoms with Crippen LogP contribution in [0.15, 0.2) is 79.0 Å². The molecule has 23 heavy (non-hydrogen) atoms. The zero-order valence-corrected chi connectivity index (χ0v) is 12.5. The molecule has 0 radical (unpaired) electrons. The zero-order valence-electron chi connectivity index (χ0n) is 12.5. The van der Waals surface area contributed by atoms with E-state index in [0.29, 0.717) is 12.5 Å². The van der Waals surface area contributed by atoms with E-state index >= 15 is 0 Å². The number of benzene rings is 2. The van der Waals surface area contributed by atoms with Gasteiger partial charge >= 0.3 is 0 Å². The lowest BCUT2D eigenvalue weighted by Crippen LogP contribution is -1.99. The van der Waals surface area contributed by atoms with E-state index in [1.165, 1.54) is 0 Å². The molecule has 0 spiro atoms. The van der Waals surface area contributed by atoms with E-state index in [1.54, 1.807) is 4.52 Å². The van der Waals surface area contributed by atoms with Crippen LogP contribution < -0.4 is 4.74 Å². The van der Waals surface area contributed by atoms with Crippen molar-refractivity contribution in [1.29, 1.82) is 0 Å². The van der Waals surface area contributed by atoms with Crippen molar-refractivity contribution < 1.29 is 4.74 Å². The highest BCUT2D eigenvalue weighted by Gasteiger charge is 2.06.